The zero-order valence-corrected chi connectivity index (χ0v) is 14.4. The summed E-state index contributed by atoms with van der Waals surface area (Å²) in [4.78, 5) is 11.6. The highest BCUT2D eigenvalue weighted by Crippen LogP contribution is 2.40. The molecule has 1 heterocycles. The van der Waals surface area contributed by atoms with Crippen molar-refractivity contribution in [1.29, 1.82) is 0 Å². The van der Waals surface area contributed by atoms with Gasteiger partial charge in [0, 0.05) is 17.5 Å². The van der Waals surface area contributed by atoms with Crippen LogP contribution < -0.4 is 4.74 Å². The third kappa shape index (κ3) is 3.86. The van der Waals surface area contributed by atoms with Gasteiger partial charge in [-0.15, -0.1) is 0 Å². The smallest absolute Gasteiger partial charge is 0.154 e. The third-order valence-corrected chi connectivity index (χ3v) is 4.71. The maximum absolute atomic E-state index is 11.6. The molecule has 0 aromatic heterocycles. The molecule has 0 aliphatic carbocycles. The molecule has 0 bridgehead atoms. The number of aldehydes is 1. The molecule has 2 N–H and O–H groups in total. The summed E-state index contributed by atoms with van der Waals surface area (Å²) in [5.41, 5.74) is 1.07. The number of aliphatic hydroxyl groups is 1. The molecule has 2 rings (SSSR count). The maximum Gasteiger partial charge on any atom is 0.154 e. The minimum absolute atomic E-state index is 0.136. The fourth-order valence-electron chi connectivity index (χ4n) is 3.12. The summed E-state index contributed by atoms with van der Waals surface area (Å²) in [6.45, 7) is 5.80. The van der Waals surface area contributed by atoms with Gasteiger partial charge in [-0.2, -0.15) is 0 Å². The van der Waals surface area contributed by atoms with Crippen LogP contribution in [-0.4, -0.2) is 28.2 Å². The quantitative estimate of drug-likeness (QED) is 0.592. The number of carbonyl (C=O) groups excluding carboxylic acids is 1. The average Bonchev–Trinajstić information content (AvgIpc) is 2.49. The van der Waals surface area contributed by atoms with Crippen molar-refractivity contribution >= 4 is 6.29 Å². The van der Waals surface area contributed by atoms with Crippen molar-refractivity contribution < 1.29 is 19.7 Å². The summed E-state index contributed by atoms with van der Waals surface area (Å²) >= 11 is 0. The lowest BCUT2D eigenvalue weighted by Gasteiger charge is -2.38. The van der Waals surface area contributed by atoms with Crippen molar-refractivity contribution in [3.63, 3.8) is 0 Å². The first-order chi connectivity index (χ1) is 10.9. The van der Waals surface area contributed by atoms with Crippen LogP contribution in [0.4, 0.5) is 0 Å². The minimum Gasteiger partial charge on any atom is -0.508 e. The van der Waals surface area contributed by atoms with E-state index in [1.165, 1.54) is 19.3 Å². The number of ether oxygens (including phenoxy) is 1. The monoisotopic (exact) mass is 320 g/mol. The van der Waals surface area contributed by atoms with Gasteiger partial charge in [0.1, 0.15) is 17.1 Å². The van der Waals surface area contributed by atoms with E-state index in [1.807, 2.05) is 13.8 Å². The van der Waals surface area contributed by atoms with Crippen LogP contribution in [0.5, 0.6) is 11.5 Å². The van der Waals surface area contributed by atoms with E-state index in [9.17, 15) is 15.0 Å². The molecule has 0 saturated carbocycles. The van der Waals surface area contributed by atoms with Crippen LogP contribution in [0.25, 0.3) is 0 Å². The number of hydrogen-bond acceptors (Lipinski definition) is 4. The van der Waals surface area contributed by atoms with Gasteiger partial charge in [0.2, 0.25) is 0 Å². The Bertz CT molecular complexity index is 563. The van der Waals surface area contributed by atoms with Crippen molar-refractivity contribution in [2.24, 2.45) is 0 Å². The number of unbranched alkanes of at least 4 members (excludes halogenated alkanes) is 4. The fraction of sp³-hybridized carbons (Fsp3) is 0.632. The normalized spacial score (nSPS) is 19.0. The number of benzene rings is 1. The van der Waals surface area contributed by atoms with E-state index in [0.29, 0.717) is 35.3 Å². The van der Waals surface area contributed by atoms with E-state index in [-0.39, 0.29) is 5.75 Å². The molecule has 128 valence electrons. The van der Waals surface area contributed by atoms with Crippen LogP contribution in [0.3, 0.4) is 0 Å². The molecule has 0 amide bonds. The van der Waals surface area contributed by atoms with E-state index in [0.717, 1.165) is 19.1 Å². The molecule has 1 atom stereocenters. The zero-order chi connectivity index (χ0) is 17.0. The van der Waals surface area contributed by atoms with E-state index < -0.39 is 11.7 Å². The van der Waals surface area contributed by atoms with Crippen molar-refractivity contribution in [3.05, 3.63) is 22.8 Å². The van der Waals surface area contributed by atoms with Crippen molar-refractivity contribution in [3.8, 4) is 11.5 Å². The number of hydrogen-bond donors (Lipinski definition) is 2. The average molecular weight is 320 g/mol. The Balaban J connectivity index is 2.25. The summed E-state index contributed by atoms with van der Waals surface area (Å²) in [6, 6.07) is 1.64. The lowest BCUT2D eigenvalue weighted by Crippen LogP contribution is -2.46. The Morgan fingerprint density at radius 3 is 2.65 bits per heavy atom. The Kier molecular flexibility index (Phi) is 5.69. The van der Waals surface area contributed by atoms with E-state index in [4.69, 9.17) is 4.74 Å². The van der Waals surface area contributed by atoms with Crippen LogP contribution in [0.1, 0.15) is 74.4 Å². The second kappa shape index (κ2) is 7.35. The van der Waals surface area contributed by atoms with E-state index in [2.05, 4.69) is 6.92 Å². The summed E-state index contributed by atoms with van der Waals surface area (Å²) in [5, 5.41) is 20.4. The molecule has 1 aromatic rings. The molecular formula is C19H28O4. The Morgan fingerprint density at radius 2 is 2.00 bits per heavy atom. The Hall–Kier alpha value is -1.55. The summed E-state index contributed by atoms with van der Waals surface area (Å²) < 4.78 is 5.90. The number of aliphatic hydroxyl groups excluding tert-OH is 1. The maximum atomic E-state index is 11.6. The van der Waals surface area contributed by atoms with Crippen LogP contribution in [0.15, 0.2) is 6.07 Å². The fourth-order valence-corrected chi connectivity index (χ4v) is 3.12. The van der Waals surface area contributed by atoms with Gasteiger partial charge in [-0.1, -0.05) is 32.6 Å². The zero-order valence-electron chi connectivity index (χ0n) is 14.4. The highest BCUT2D eigenvalue weighted by molar-refractivity contribution is 5.84. The standard InChI is InChI=1S/C19H28O4/c1-4-5-6-7-8-9-14-15(12-20)18-13(10-16(14)21)11-17(22)19(2,3)23-18/h10,12,17,21-22H,4-9,11H2,1-3H3. The topological polar surface area (TPSA) is 66.8 Å². The highest BCUT2D eigenvalue weighted by Gasteiger charge is 2.37. The van der Waals surface area contributed by atoms with Gasteiger partial charge >= 0.3 is 0 Å². The van der Waals surface area contributed by atoms with Gasteiger partial charge in [-0.3, -0.25) is 4.79 Å². The SMILES string of the molecule is CCCCCCCc1c(O)cc2c(c1C=O)OC(C)(C)C(O)C2. The van der Waals surface area contributed by atoms with Gasteiger partial charge in [0.05, 0.1) is 11.7 Å². The van der Waals surface area contributed by atoms with Crippen molar-refractivity contribution in [2.75, 3.05) is 0 Å². The molecule has 4 nitrogen and oxygen atoms in total. The van der Waals surface area contributed by atoms with Gasteiger partial charge in [-0.05, 0) is 32.8 Å². The predicted octanol–water partition coefficient (Wildman–Crippen LogP) is 3.79. The second-order valence-electron chi connectivity index (χ2n) is 6.98. The lowest BCUT2D eigenvalue weighted by molar-refractivity contribution is -0.0415. The third-order valence-electron chi connectivity index (χ3n) is 4.71. The number of fused-ring (bicyclic) bond motifs is 1. The number of phenolic OH excluding ortho intramolecular Hbond substituents is 1. The van der Waals surface area contributed by atoms with Crippen molar-refractivity contribution in [2.45, 2.75) is 77.4 Å². The summed E-state index contributed by atoms with van der Waals surface area (Å²) in [5.74, 6) is 0.661. The molecule has 0 saturated heterocycles. The number of phenols is 1. The molecular weight excluding hydrogens is 292 g/mol. The van der Waals surface area contributed by atoms with Gasteiger partial charge in [-0.25, -0.2) is 0 Å². The summed E-state index contributed by atoms with van der Waals surface area (Å²) in [7, 11) is 0. The lowest BCUT2D eigenvalue weighted by atomic mass is 9.87. The first kappa shape index (κ1) is 17.8. The number of carbonyl (C=O) groups is 1. The minimum atomic E-state index is -0.736. The van der Waals surface area contributed by atoms with E-state index >= 15 is 0 Å². The van der Waals surface area contributed by atoms with Crippen LogP contribution in [0, 0.1) is 0 Å². The first-order valence-electron chi connectivity index (χ1n) is 8.60. The molecule has 1 aliphatic heterocycles. The second-order valence-corrected chi connectivity index (χ2v) is 6.98. The number of rotatable bonds is 7. The number of aromatic hydroxyl groups is 1. The first-order valence-corrected chi connectivity index (χ1v) is 8.60. The Morgan fingerprint density at radius 1 is 1.30 bits per heavy atom. The molecule has 0 fully saturated rings. The Labute approximate surface area is 138 Å². The van der Waals surface area contributed by atoms with Crippen LogP contribution in [-0.2, 0) is 12.8 Å². The van der Waals surface area contributed by atoms with Gasteiger partial charge in [0.15, 0.2) is 6.29 Å². The highest BCUT2D eigenvalue weighted by atomic mass is 16.5. The molecule has 23 heavy (non-hydrogen) atoms. The van der Waals surface area contributed by atoms with Crippen molar-refractivity contribution in [1.82, 2.24) is 0 Å². The largest absolute Gasteiger partial charge is 0.508 e. The van der Waals surface area contributed by atoms with Crippen LogP contribution >= 0.6 is 0 Å². The van der Waals surface area contributed by atoms with Gasteiger partial charge in [0.25, 0.3) is 0 Å². The van der Waals surface area contributed by atoms with E-state index in [1.54, 1.807) is 6.07 Å². The van der Waals surface area contributed by atoms with Gasteiger partial charge < -0.3 is 14.9 Å². The molecule has 1 unspecified atom stereocenters. The molecule has 1 aromatic carbocycles. The molecule has 4 heteroatoms. The molecule has 0 radical (unpaired) electrons. The molecule has 0 spiro atoms. The molecule has 1 aliphatic rings. The summed E-state index contributed by atoms with van der Waals surface area (Å²) in [6.07, 6.45) is 6.78. The van der Waals surface area contributed by atoms with Crippen LogP contribution in [0.2, 0.25) is 0 Å². The predicted molar refractivity (Wildman–Crippen MR) is 90.4 cm³/mol.